The van der Waals surface area contributed by atoms with Crippen molar-refractivity contribution in [2.45, 2.75) is 31.5 Å². The third-order valence-corrected chi connectivity index (χ3v) is 4.95. The van der Waals surface area contributed by atoms with Crippen LogP contribution in [0, 0.1) is 5.82 Å². The number of thioether (sulfide) groups is 1. The minimum absolute atomic E-state index is 0.131. The third-order valence-electron chi connectivity index (χ3n) is 3.69. The fraction of sp³-hybridized carbons (Fsp3) is 0.250. The molecule has 0 bridgehead atoms. The summed E-state index contributed by atoms with van der Waals surface area (Å²) in [7, 11) is 0. The lowest BCUT2D eigenvalue weighted by molar-refractivity contribution is -0.119. The van der Waals surface area contributed by atoms with Crippen LogP contribution < -0.4 is 5.32 Å². The fourth-order valence-corrected chi connectivity index (χ4v) is 3.58. The highest BCUT2D eigenvalue weighted by Crippen LogP contribution is 2.32. The van der Waals surface area contributed by atoms with Gasteiger partial charge in [-0.1, -0.05) is 47.6 Å². The number of hydrogen-bond donors (Lipinski definition) is 1. The Bertz CT molecular complexity index is 1000. The monoisotopic (exact) mass is 418 g/mol. The van der Waals surface area contributed by atoms with E-state index in [-0.39, 0.29) is 17.2 Å². The van der Waals surface area contributed by atoms with Crippen LogP contribution in [0.4, 0.5) is 4.39 Å². The molecular formula is C20H20ClFN4OS. The number of amides is 1. The van der Waals surface area contributed by atoms with Crippen molar-refractivity contribution in [1.82, 2.24) is 20.1 Å². The van der Waals surface area contributed by atoms with E-state index in [2.05, 4.69) is 15.5 Å². The van der Waals surface area contributed by atoms with Crippen LogP contribution in [0.15, 0.2) is 53.7 Å². The van der Waals surface area contributed by atoms with E-state index >= 15 is 0 Å². The van der Waals surface area contributed by atoms with E-state index in [0.29, 0.717) is 27.3 Å². The van der Waals surface area contributed by atoms with Crippen molar-refractivity contribution in [1.29, 1.82) is 0 Å². The first kappa shape index (κ1) is 20.4. The lowest BCUT2D eigenvalue weighted by Gasteiger charge is -2.20. The van der Waals surface area contributed by atoms with Gasteiger partial charge in [-0.2, -0.15) is 0 Å². The zero-order valence-electron chi connectivity index (χ0n) is 15.7. The van der Waals surface area contributed by atoms with Crippen LogP contribution in [-0.4, -0.2) is 32.0 Å². The molecule has 5 nitrogen and oxygen atoms in total. The maximum absolute atomic E-state index is 14.6. The molecule has 1 amide bonds. The molecule has 8 heteroatoms. The van der Waals surface area contributed by atoms with Crippen molar-refractivity contribution < 1.29 is 9.18 Å². The first-order valence-electron chi connectivity index (χ1n) is 8.65. The number of halogens is 2. The molecule has 0 aliphatic heterocycles. The Balaban J connectivity index is 2.01. The van der Waals surface area contributed by atoms with Crippen LogP contribution in [-0.2, 0) is 4.79 Å². The van der Waals surface area contributed by atoms with E-state index < -0.39 is 5.82 Å². The van der Waals surface area contributed by atoms with Gasteiger partial charge in [0, 0.05) is 11.1 Å². The first-order valence-corrected chi connectivity index (χ1v) is 10.0. The maximum atomic E-state index is 14.6. The van der Waals surface area contributed by atoms with Crippen LogP contribution >= 0.6 is 23.4 Å². The predicted molar refractivity (Wildman–Crippen MR) is 110 cm³/mol. The van der Waals surface area contributed by atoms with Gasteiger partial charge in [-0.15, -0.1) is 10.2 Å². The van der Waals surface area contributed by atoms with Crippen molar-refractivity contribution in [2.75, 3.05) is 5.75 Å². The van der Waals surface area contributed by atoms with E-state index in [9.17, 15) is 9.18 Å². The minimum Gasteiger partial charge on any atom is -0.351 e. The van der Waals surface area contributed by atoms with E-state index in [1.807, 2.05) is 32.9 Å². The Kier molecular flexibility index (Phi) is 6.05. The number of aromatic nitrogens is 3. The molecule has 0 saturated heterocycles. The lowest BCUT2D eigenvalue weighted by atomic mass is 10.1. The second-order valence-corrected chi connectivity index (χ2v) is 8.51. The molecule has 0 spiro atoms. The number of carbonyl (C=O) groups is 1. The van der Waals surface area contributed by atoms with Crippen molar-refractivity contribution in [2.24, 2.45) is 0 Å². The summed E-state index contributed by atoms with van der Waals surface area (Å²) < 4.78 is 16.1. The largest absolute Gasteiger partial charge is 0.351 e. The quantitative estimate of drug-likeness (QED) is 0.608. The van der Waals surface area contributed by atoms with Gasteiger partial charge >= 0.3 is 0 Å². The normalized spacial score (nSPS) is 11.5. The van der Waals surface area contributed by atoms with Gasteiger partial charge in [0.15, 0.2) is 11.0 Å². The summed E-state index contributed by atoms with van der Waals surface area (Å²) in [4.78, 5) is 12.2. The highest BCUT2D eigenvalue weighted by atomic mass is 35.5. The summed E-state index contributed by atoms with van der Waals surface area (Å²) in [6.45, 7) is 5.73. The molecular weight excluding hydrogens is 399 g/mol. The molecule has 3 aromatic rings. The van der Waals surface area contributed by atoms with Gasteiger partial charge in [-0.3, -0.25) is 9.36 Å². The molecule has 0 unspecified atom stereocenters. The molecule has 0 atom stereocenters. The van der Waals surface area contributed by atoms with Crippen LogP contribution in [0.2, 0.25) is 5.02 Å². The average Bonchev–Trinajstić information content (AvgIpc) is 3.03. The third kappa shape index (κ3) is 4.72. The van der Waals surface area contributed by atoms with Gasteiger partial charge in [0.25, 0.3) is 0 Å². The molecule has 1 N–H and O–H groups in total. The van der Waals surface area contributed by atoms with Gasteiger partial charge in [0.05, 0.1) is 16.5 Å². The average molecular weight is 419 g/mol. The van der Waals surface area contributed by atoms with Gasteiger partial charge in [0.1, 0.15) is 5.82 Å². The number of para-hydroxylation sites is 1. The van der Waals surface area contributed by atoms with Gasteiger partial charge in [-0.25, -0.2) is 4.39 Å². The second-order valence-electron chi connectivity index (χ2n) is 7.16. The summed E-state index contributed by atoms with van der Waals surface area (Å²) in [5, 5.41) is 12.2. The van der Waals surface area contributed by atoms with E-state index in [4.69, 9.17) is 11.6 Å². The zero-order chi connectivity index (χ0) is 20.3. The number of benzene rings is 2. The molecule has 1 heterocycles. The molecule has 0 aliphatic carbocycles. The Hall–Kier alpha value is -2.38. The molecule has 0 fully saturated rings. The van der Waals surface area contributed by atoms with Crippen LogP contribution in [0.1, 0.15) is 20.8 Å². The van der Waals surface area contributed by atoms with E-state index in [1.165, 1.54) is 17.8 Å². The van der Waals surface area contributed by atoms with E-state index in [1.54, 1.807) is 34.9 Å². The van der Waals surface area contributed by atoms with Gasteiger partial charge < -0.3 is 5.32 Å². The standard InChI is InChI=1S/C20H20ClFN4OS/c1-20(2,3)23-17(27)12-28-19-25-24-18(13-8-4-5-9-14(13)21)26(19)16-11-7-6-10-15(16)22/h4-11H,12H2,1-3H3,(H,23,27). The van der Waals surface area contributed by atoms with Crippen LogP contribution in [0.3, 0.4) is 0 Å². The lowest BCUT2D eigenvalue weighted by Crippen LogP contribution is -2.41. The number of rotatable bonds is 5. The Morgan fingerprint density at radius 3 is 2.50 bits per heavy atom. The highest BCUT2D eigenvalue weighted by Gasteiger charge is 2.21. The zero-order valence-corrected chi connectivity index (χ0v) is 17.3. The summed E-state index contributed by atoms with van der Waals surface area (Å²) in [6.07, 6.45) is 0. The molecule has 2 aromatic carbocycles. The summed E-state index contributed by atoms with van der Waals surface area (Å²) in [5.41, 5.74) is 0.589. The van der Waals surface area contributed by atoms with Crippen LogP contribution in [0.5, 0.6) is 0 Å². The Labute approximate surface area is 172 Å². The molecule has 0 radical (unpaired) electrons. The molecule has 146 valence electrons. The molecule has 3 rings (SSSR count). The molecule has 28 heavy (non-hydrogen) atoms. The topological polar surface area (TPSA) is 59.8 Å². The molecule has 0 saturated carbocycles. The summed E-state index contributed by atoms with van der Waals surface area (Å²) in [5.74, 6) is -0.0160. The molecule has 0 aliphatic rings. The second kappa shape index (κ2) is 8.32. The smallest absolute Gasteiger partial charge is 0.230 e. The van der Waals surface area contributed by atoms with Crippen molar-refractivity contribution in [3.8, 4) is 17.1 Å². The number of nitrogens with one attached hydrogen (secondary N) is 1. The summed E-state index contributed by atoms with van der Waals surface area (Å²) >= 11 is 7.51. The van der Waals surface area contributed by atoms with E-state index in [0.717, 1.165) is 0 Å². The number of nitrogens with zero attached hydrogens (tertiary/aromatic N) is 3. The van der Waals surface area contributed by atoms with Gasteiger partial charge in [0.2, 0.25) is 5.91 Å². The minimum atomic E-state index is -0.420. The highest BCUT2D eigenvalue weighted by molar-refractivity contribution is 7.99. The first-order chi connectivity index (χ1) is 13.3. The predicted octanol–water partition coefficient (Wildman–Crippen LogP) is 4.73. The van der Waals surface area contributed by atoms with Crippen molar-refractivity contribution >= 4 is 29.3 Å². The molecule has 1 aromatic heterocycles. The number of carbonyl (C=O) groups excluding carboxylic acids is 1. The maximum Gasteiger partial charge on any atom is 0.230 e. The SMILES string of the molecule is CC(C)(C)NC(=O)CSc1nnc(-c2ccccc2Cl)n1-c1ccccc1F. The van der Waals surface area contributed by atoms with Crippen molar-refractivity contribution in [3.63, 3.8) is 0 Å². The summed E-state index contributed by atoms with van der Waals surface area (Å²) in [6, 6.07) is 13.5. The van der Waals surface area contributed by atoms with Crippen molar-refractivity contribution in [3.05, 3.63) is 59.4 Å². The Morgan fingerprint density at radius 2 is 1.82 bits per heavy atom. The number of hydrogen-bond acceptors (Lipinski definition) is 4. The fourth-order valence-electron chi connectivity index (χ4n) is 2.62. The van der Waals surface area contributed by atoms with Crippen LogP contribution in [0.25, 0.3) is 17.1 Å². The Morgan fingerprint density at radius 1 is 1.14 bits per heavy atom. The van der Waals surface area contributed by atoms with Gasteiger partial charge in [-0.05, 0) is 45.0 Å².